The molecule has 0 fully saturated rings. The number of rotatable bonds is 2. The summed E-state index contributed by atoms with van der Waals surface area (Å²) in [5.41, 5.74) is 4.68. The molecule has 1 aliphatic rings. The van der Waals surface area contributed by atoms with Crippen LogP contribution in [0, 0.1) is 5.41 Å². The molecule has 0 aliphatic heterocycles. The summed E-state index contributed by atoms with van der Waals surface area (Å²) in [5.74, 6) is 0. The third-order valence-electron chi connectivity index (χ3n) is 2.57. The molecule has 1 unspecified atom stereocenters. The molecule has 0 heterocycles. The van der Waals surface area contributed by atoms with Gasteiger partial charge >= 0.3 is 6.18 Å². The van der Waals surface area contributed by atoms with E-state index in [-0.39, 0.29) is 6.54 Å². The molecule has 1 rings (SSSR count). The zero-order chi connectivity index (χ0) is 9.95. The Balaban J connectivity index is 2.64. The van der Waals surface area contributed by atoms with Crippen molar-refractivity contribution in [2.75, 3.05) is 6.54 Å². The first-order valence-electron chi connectivity index (χ1n) is 4.39. The smallest absolute Gasteiger partial charge is 0.330 e. The largest absolute Gasteiger partial charge is 0.389 e. The average Bonchev–Trinajstić information content (AvgIpc) is 2.03. The number of halogens is 3. The van der Waals surface area contributed by atoms with Crippen LogP contribution in [0.15, 0.2) is 12.2 Å². The Labute approximate surface area is 75.8 Å². The van der Waals surface area contributed by atoms with E-state index in [1.54, 1.807) is 0 Å². The fourth-order valence-electron chi connectivity index (χ4n) is 1.79. The number of alkyl halides is 3. The Bertz CT molecular complexity index is 198. The highest BCUT2D eigenvalue weighted by Crippen LogP contribution is 2.41. The van der Waals surface area contributed by atoms with Crippen LogP contribution >= 0.6 is 0 Å². The van der Waals surface area contributed by atoms with Crippen LogP contribution in [-0.2, 0) is 0 Å². The number of hydrogen-bond acceptors (Lipinski definition) is 1. The maximum atomic E-state index is 12.2. The highest BCUT2D eigenvalue weighted by atomic mass is 19.4. The van der Waals surface area contributed by atoms with E-state index < -0.39 is 18.0 Å². The third kappa shape index (κ3) is 3.03. The van der Waals surface area contributed by atoms with Gasteiger partial charge in [0.1, 0.15) is 0 Å². The van der Waals surface area contributed by atoms with Crippen molar-refractivity contribution < 1.29 is 13.2 Å². The Hall–Kier alpha value is -0.510. The van der Waals surface area contributed by atoms with Gasteiger partial charge in [0, 0.05) is 0 Å². The minimum atomic E-state index is -4.09. The fourth-order valence-corrected chi connectivity index (χ4v) is 1.79. The minimum absolute atomic E-state index is 0.122. The topological polar surface area (TPSA) is 26.0 Å². The summed E-state index contributed by atoms with van der Waals surface area (Å²) >= 11 is 0. The van der Waals surface area contributed by atoms with Crippen molar-refractivity contribution in [2.45, 2.75) is 31.9 Å². The van der Waals surface area contributed by atoms with Crippen molar-refractivity contribution in [2.24, 2.45) is 11.1 Å². The zero-order valence-electron chi connectivity index (χ0n) is 7.40. The maximum absolute atomic E-state index is 12.2. The van der Waals surface area contributed by atoms with Crippen LogP contribution in [0.4, 0.5) is 13.2 Å². The summed E-state index contributed by atoms with van der Waals surface area (Å²) in [6.07, 6.45) is 0.619. The molecule has 0 bridgehead atoms. The molecule has 76 valence electrons. The first-order chi connectivity index (χ1) is 5.97. The van der Waals surface area contributed by atoms with Crippen LogP contribution in [0.1, 0.15) is 25.7 Å². The molecule has 0 saturated carbocycles. The van der Waals surface area contributed by atoms with Crippen LogP contribution in [0.3, 0.4) is 0 Å². The predicted octanol–water partition coefficient (Wildman–Crippen LogP) is 2.62. The van der Waals surface area contributed by atoms with Gasteiger partial charge in [0.15, 0.2) is 0 Å². The molecule has 0 radical (unpaired) electrons. The molecule has 0 amide bonds. The SMILES string of the molecule is NCC1(CC(F)(F)F)CC=CCC1. The van der Waals surface area contributed by atoms with Crippen LogP contribution in [-0.4, -0.2) is 12.7 Å². The van der Waals surface area contributed by atoms with Crippen LogP contribution in [0.25, 0.3) is 0 Å². The van der Waals surface area contributed by atoms with Crippen molar-refractivity contribution in [1.29, 1.82) is 0 Å². The maximum Gasteiger partial charge on any atom is 0.389 e. The lowest BCUT2D eigenvalue weighted by Gasteiger charge is -2.34. The van der Waals surface area contributed by atoms with Crippen molar-refractivity contribution in [1.82, 2.24) is 0 Å². The van der Waals surface area contributed by atoms with E-state index in [0.29, 0.717) is 19.3 Å². The van der Waals surface area contributed by atoms with Crippen molar-refractivity contribution >= 4 is 0 Å². The highest BCUT2D eigenvalue weighted by Gasteiger charge is 2.41. The monoisotopic (exact) mass is 193 g/mol. The second-order valence-electron chi connectivity index (χ2n) is 3.71. The normalized spacial score (nSPS) is 29.2. The van der Waals surface area contributed by atoms with Crippen molar-refractivity contribution in [3.05, 3.63) is 12.2 Å². The van der Waals surface area contributed by atoms with Gasteiger partial charge in [-0.15, -0.1) is 0 Å². The van der Waals surface area contributed by atoms with Gasteiger partial charge in [-0.3, -0.25) is 0 Å². The summed E-state index contributed by atoms with van der Waals surface area (Å²) in [5, 5.41) is 0. The lowest BCUT2D eigenvalue weighted by atomic mass is 9.74. The molecule has 4 heteroatoms. The molecule has 2 N–H and O–H groups in total. The summed E-state index contributed by atoms with van der Waals surface area (Å²) in [6, 6.07) is 0. The second-order valence-corrected chi connectivity index (χ2v) is 3.71. The molecular weight excluding hydrogens is 179 g/mol. The molecule has 1 nitrogen and oxygen atoms in total. The van der Waals surface area contributed by atoms with Crippen LogP contribution in [0.5, 0.6) is 0 Å². The van der Waals surface area contributed by atoms with Gasteiger partial charge in [-0.25, -0.2) is 0 Å². The molecule has 1 aliphatic carbocycles. The quantitative estimate of drug-likeness (QED) is 0.670. The van der Waals surface area contributed by atoms with Gasteiger partial charge in [-0.05, 0) is 31.2 Å². The highest BCUT2D eigenvalue weighted by molar-refractivity contribution is 4.99. The van der Waals surface area contributed by atoms with Crippen LogP contribution < -0.4 is 5.73 Å². The molecule has 13 heavy (non-hydrogen) atoms. The first kappa shape index (κ1) is 10.6. The Kier molecular flexibility index (Phi) is 3.01. The first-order valence-corrected chi connectivity index (χ1v) is 4.39. The van der Waals surface area contributed by atoms with E-state index in [2.05, 4.69) is 0 Å². The van der Waals surface area contributed by atoms with Crippen LogP contribution in [0.2, 0.25) is 0 Å². The molecule has 0 aromatic rings. The Morgan fingerprint density at radius 1 is 1.31 bits per heavy atom. The van der Waals surface area contributed by atoms with Gasteiger partial charge in [0.25, 0.3) is 0 Å². The molecule has 0 aromatic heterocycles. The zero-order valence-corrected chi connectivity index (χ0v) is 7.40. The van der Waals surface area contributed by atoms with E-state index in [4.69, 9.17) is 5.73 Å². The van der Waals surface area contributed by atoms with Gasteiger partial charge in [-0.2, -0.15) is 13.2 Å². The van der Waals surface area contributed by atoms with E-state index >= 15 is 0 Å². The Morgan fingerprint density at radius 2 is 2.00 bits per heavy atom. The average molecular weight is 193 g/mol. The molecule has 1 atom stereocenters. The summed E-state index contributed by atoms with van der Waals surface area (Å²) in [4.78, 5) is 0. The predicted molar refractivity (Wildman–Crippen MR) is 45.2 cm³/mol. The molecule has 0 spiro atoms. The molecular formula is C9H14F3N. The van der Waals surface area contributed by atoms with Gasteiger partial charge in [-0.1, -0.05) is 12.2 Å². The second kappa shape index (κ2) is 3.70. The third-order valence-corrected chi connectivity index (χ3v) is 2.57. The Morgan fingerprint density at radius 3 is 2.38 bits per heavy atom. The van der Waals surface area contributed by atoms with Crippen molar-refractivity contribution in [3.8, 4) is 0 Å². The molecule has 0 saturated heterocycles. The van der Waals surface area contributed by atoms with Gasteiger partial charge < -0.3 is 5.73 Å². The molecule has 0 aromatic carbocycles. The lowest BCUT2D eigenvalue weighted by Crippen LogP contribution is -2.36. The number of nitrogens with two attached hydrogens (primary N) is 1. The van der Waals surface area contributed by atoms with Gasteiger partial charge in [0.05, 0.1) is 6.42 Å². The van der Waals surface area contributed by atoms with E-state index in [0.717, 1.165) is 0 Å². The number of hydrogen-bond donors (Lipinski definition) is 1. The lowest BCUT2D eigenvalue weighted by molar-refractivity contribution is -0.158. The summed E-state index contributed by atoms with van der Waals surface area (Å²) in [7, 11) is 0. The van der Waals surface area contributed by atoms with E-state index in [1.807, 2.05) is 12.2 Å². The van der Waals surface area contributed by atoms with E-state index in [9.17, 15) is 13.2 Å². The number of allylic oxidation sites excluding steroid dienone is 2. The summed E-state index contributed by atoms with van der Waals surface area (Å²) in [6.45, 7) is 0.122. The van der Waals surface area contributed by atoms with E-state index in [1.165, 1.54) is 0 Å². The van der Waals surface area contributed by atoms with Gasteiger partial charge in [0.2, 0.25) is 0 Å². The van der Waals surface area contributed by atoms with Crippen molar-refractivity contribution in [3.63, 3.8) is 0 Å². The summed E-state index contributed by atoms with van der Waals surface area (Å²) < 4.78 is 36.6. The fraction of sp³-hybridized carbons (Fsp3) is 0.778. The standard InChI is InChI=1S/C9H14F3N/c10-9(11,12)6-8(7-13)4-2-1-3-5-8/h1-2H,3-7,13H2. The minimum Gasteiger partial charge on any atom is -0.330 e.